The molecule has 0 spiro atoms. The highest BCUT2D eigenvalue weighted by molar-refractivity contribution is 5.94. The Labute approximate surface area is 150 Å². The number of aromatic nitrogens is 2. The number of hydrogen-bond donors (Lipinski definition) is 0. The normalized spacial score (nSPS) is 17.9. The number of benzene rings is 1. The standard InChI is InChI=1S/C20H28N4O/c1-22(2)12-7-14-23-15-11-21-19(23)18-10-6-13-24(16-18)20(25)17-8-4-3-5-9-17/h3-5,8-9,11,15,18H,6-7,10,12-14,16H2,1-2H3/t18-/m0/s1. The molecule has 0 aliphatic carbocycles. The summed E-state index contributed by atoms with van der Waals surface area (Å²) in [6.07, 6.45) is 7.21. The van der Waals surface area contributed by atoms with Crippen LogP contribution in [0.2, 0.25) is 0 Å². The largest absolute Gasteiger partial charge is 0.338 e. The van der Waals surface area contributed by atoms with Crippen molar-refractivity contribution in [2.24, 2.45) is 0 Å². The molecule has 2 aromatic rings. The molecule has 134 valence electrons. The number of likely N-dealkylation sites (tertiary alicyclic amines) is 1. The fourth-order valence-corrected chi connectivity index (χ4v) is 3.56. The van der Waals surface area contributed by atoms with Crippen LogP contribution in [0.5, 0.6) is 0 Å². The second kappa shape index (κ2) is 8.30. The maximum Gasteiger partial charge on any atom is 0.253 e. The first-order valence-corrected chi connectivity index (χ1v) is 9.15. The molecule has 1 saturated heterocycles. The van der Waals surface area contributed by atoms with E-state index in [-0.39, 0.29) is 5.91 Å². The molecule has 0 N–H and O–H groups in total. The third kappa shape index (κ3) is 4.48. The molecule has 1 aromatic carbocycles. The lowest BCUT2D eigenvalue weighted by atomic mass is 9.96. The SMILES string of the molecule is CN(C)CCCn1ccnc1[C@H]1CCCN(C(=O)c2ccccc2)C1. The van der Waals surface area contributed by atoms with Gasteiger partial charge in [0.15, 0.2) is 0 Å². The number of imidazole rings is 1. The molecule has 0 radical (unpaired) electrons. The van der Waals surface area contributed by atoms with Gasteiger partial charge in [-0.25, -0.2) is 4.98 Å². The molecule has 5 nitrogen and oxygen atoms in total. The number of aryl methyl sites for hydroxylation is 1. The van der Waals surface area contributed by atoms with Gasteiger partial charge in [-0.3, -0.25) is 4.79 Å². The number of carbonyl (C=O) groups is 1. The second-order valence-electron chi connectivity index (χ2n) is 7.09. The highest BCUT2D eigenvalue weighted by atomic mass is 16.2. The van der Waals surface area contributed by atoms with E-state index in [4.69, 9.17) is 0 Å². The van der Waals surface area contributed by atoms with Crippen LogP contribution in [0.4, 0.5) is 0 Å². The summed E-state index contributed by atoms with van der Waals surface area (Å²) >= 11 is 0. The van der Waals surface area contributed by atoms with Crippen LogP contribution in [0.15, 0.2) is 42.7 Å². The molecule has 25 heavy (non-hydrogen) atoms. The van der Waals surface area contributed by atoms with Crippen LogP contribution in [0.3, 0.4) is 0 Å². The summed E-state index contributed by atoms with van der Waals surface area (Å²) in [6, 6.07) is 9.58. The van der Waals surface area contributed by atoms with Crippen LogP contribution >= 0.6 is 0 Å². The Kier molecular flexibility index (Phi) is 5.87. The number of rotatable bonds is 6. The monoisotopic (exact) mass is 340 g/mol. The van der Waals surface area contributed by atoms with Gasteiger partial charge in [-0.1, -0.05) is 18.2 Å². The molecule has 0 saturated carbocycles. The van der Waals surface area contributed by atoms with E-state index in [0.29, 0.717) is 5.92 Å². The van der Waals surface area contributed by atoms with Crippen LogP contribution in [0, 0.1) is 0 Å². The van der Waals surface area contributed by atoms with Gasteiger partial charge in [-0.2, -0.15) is 0 Å². The van der Waals surface area contributed by atoms with E-state index in [1.807, 2.05) is 41.4 Å². The summed E-state index contributed by atoms with van der Waals surface area (Å²) in [5.41, 5.74) is 0.775. The predicted octanol–water partition coefficient (Wildman–Crippen LogP) is 2.85. The van der Waals surface area contributed by atoms with E-state index < -0.39 is 0 Å². The highest BCUT2D eigenvalue weighted by Gasteiger charge is 2.27. The molecule has 3 rings (SSSR count). The zero-order valence-electron chi connectivity index (χ0n) is 15.3. The van der Waals surface area contributed by atoms with Gasteiger partial charge in [0.1, 0.15) is 5.82 Å². The smallest absolute Gasteiger partial charge is 0.253 e. The van der Waals surface area contributed by atoms with E-state index in [0.717, 1.165) is 56.8 Å². The number of piperidine rings is 1. The van der Waals surface area contributed by atoms with E-state index in [1.54, 1.807) is 0 Å². The van der Waals surface area contributed by atoms with Crippen molar-refractivity contribution < 1.29 is 4.79 Å². The van der Waals surface area contributed by atoms with Crippen molar-refractivity contribution in [1.82, 2.24) is 19.4 Å². The fraction of sp³-hybridized carbons (Fsp3) is 0.500. The summed E-state index contributed by atoms with van der Waals surface area (Å²) in [7, 11) is 4.20. The molecule has 1 aliphatic heterocycles. The fourth-order valence-electron chi connectivity index (χ4n) is 3.56. The Bertz CT molecular complexity index is 680. The van der Waals surface area contributed by atoms with Crippen molar-refractivity contribution in [1.29, 1.82) is 0 Å². The van der Waals surface area contributed by atoms with Gasteiger partial charge in [0.2, 0.25) is 0 Å². The summed E-state index contributed by atoms with van der Waals surface area (Å²) < 4.78 is 2.27. The number of hydrogen-bond acceptors (Lipinski definition) is 3. The number of amides is 1. The third-order valence-corrected chi connectivity index (χ3v) is 4.85. The minimum Gasteiger partial charge on any atom is -0.338 e. The Balaban J connectivity index is 1.66. The van der Waals surface area contributed by atoms with Crippen LogP contribution in [0.25, 0.3) is 0 Å². The number of nitrogens with zero attached hydrogens (tertiary/aromatic N) is 4. The molecule has 1 aliphatic rings. The molecular formula is C20H28N4O. The van der Waals surface area contributed by atoms with Crippen LogP contribution in [-0.2, 0) is 6.54 Å². The summed E-state index contributed by atoms with van der Waals surface area (Å²) in [4.78, 5) is 21.5. The van der Waals surface area contributed by atoms with Crippen LogP contribution < -0.4 is 0 Å². The quantitative estimate of drug-likeness (QED) is 0.812. The second-order valence-corrected chi connectivity index (χ2v) is 7.09. The molecule has 5 heteroatoms. The van der Waals surface area contributed by atoms with E-state index in [2.05, 4.69) is 34.7 Å². The van der Waals surface area contributed by atoms with E-state index in [9.17, 15) is 4.79 Å². The summed E-state index contributed by atoms with van der Waals surface area (Å²) in [5, 5.41) is 0. The third-order valence-electron chi connectivity index (χ3n) is 4.85. The van der Waals surface area contributed by atoms with Crippen molar-refractivity contribution >= 4 is 5.91 Å². The first-order chi connectivity index (χ1) is 12.1. The van der Waals surface area contributed by atoms with Crippen molar-refractivity contribution in [3.8, 4) is 0 Å². The molecule has 1 fully saturated rings. The van der Waals surface area contributed by atoms with Crippen molar-refractivity contribution in [3.63, 3.8) is 0 Å². The van der Waals surface area contributed by atoms with Gasteiger partial charge in [0, 0.05) is 43.5 Å². The molecule has 0 unspecified atom stereocenters. The van der Waals surface area contributed by atoms with Gasteiger partial charge in [-0.15, -0.1) is 0 Å². The lowest BCUT2D eigenvalue weighted by molar-refractivity contribution is 0.0703. The van der Waals surface area contributed by atoms with Crippen LogP contribution in [-0.4, -0.2) is 59.0 Å². The predicted molar refractivity (Wildman–Crippen MR) is 99.7 cm³/mol. The Morgan fingerprint density at radius 3 is 2.84 bits per heavy atom. The maximum absolute atomic E-state index is 12.7. The summed E-state index contributed by atoms with van der Waals surface area (Å²) in [6.45, 7) is 3.65. The first-order valence-electron chi connectivity index (χ1n) is 9.15. The zero-order chi connectivity index (χ0) is 17.6. The molecule has 2 heterocycles. The number of carbonyl (C=O) groups excluding carboxylic acids is 1. The molecular weight excluding hydrogens is 312 g/mol. The maximum atomic E-state index is 12.7. The minimum atomic E-state index is 0.135. The molecule has 1 amide bonds. The van der Waals surface area contributed by atoms with Crippen molar-refractivity contribution in [2.45, 2.75) is 31.7 Å². The van der Waals surface area contributed by atoms with Crippen molar-refractivity contribution in [3.05, 3.63) is 54.1 Å². The van der Waals surface area contributed by atoms with E-state index in [1.165, 1.54) is 0 Å². The summed E-state index contributed by atoms with van der Waals surface area (Å²) in [5.74, 6) is 1.59. The average Bonchev–Trinajstić information content (AvgIpc) is 3.10. The minimum absolute atomic E-state index is 0.135. The van der Waals surface area contributed by atoms with Gasteiger partial charge in [0.25, 0.3) is 5.91 Å². The van der Waals surface area contributed by atoms with Gasteiger partial charge < -0.3 is 14.4 Å². The van der Waals surface area contributed by atoms with Gasteiger partial charge >= 0.3 is 0 Å². The van der Waals surface area contributed by atoms with Crippen molar-refractivity contribution in [2.75, 3.05) is 33.7 Å². The molecule has 1 aromatic heterocycles. The highest BCUT2D eigenvalue weighted by Crippen LogP contribution is 2.27. The molecule has 0 bridgehead atoms. The Morgan fingerprint density at radius 1 is 1.28 bits per heavy atom. The average molecular weight is 340 g/mol. The van der Waals surface area contributed by atoms with E-state index >= 15 is 0 Å². The first kappa shape index (κ1) is 17.7. The zero-order valence-corrected chi connectivity index (χ0v) is 15.3. The topological polar surface area (TPSA) is 41.4 Å². The van der Waals surface area contributed by atoms with Gasteiger partial charge in [-0.05, 0) is 52.0 Å². The molecule has 1 atom stereocenters. The van der Waals surface area contributed by atoms with Gasteiger partial charge in [0.05, 0.1) is 0 Å². The lowest BCUT2D eigenvalue weighted by Gasteiger charge is -2.33. The van der Waals surface area contributed by atoms with Crippen LogP contribution in [0.1, 0.15) is 41.4 Å². The Morgan fingerprint density at radius 2 is 2.08 bits per heavy atom. The Hall–Kier alpha value is -2.14. The lowest BCUT2D eigenvalue weighted by Crippen LogP contribution is -2.39.